The smallest absolute Gasteiger partial charge is 0.224 e. The van der Waals surface area contributed by atoms with Gasteiger partial charge in [0.05, 0.1) is 0 Å². The van der Waals surface area contributed by atoms with E-state index in [0.29, 0.717) is 13.0 Å². The minimum atomic E-state index is 0.209. The van der Waals surface area contributed by atoms with Crippen LogP contribution in [0.15, 0.2) is 53.1 Å². The van der Waals surface area contributed by atoms with Crippen molar-refractivity contribution in [3.05, 3.63) is 53.1 Å². The summed E-state index contributed by atoms with van der Waals surface area (Å²) in [7, 11) is 0. The lowest BCUT2D eigenvalue weighted by molar-refractivity contribution is -0.131. The zero-order valence-electron chi connectivity index (χ0n) is 13.5. The Balaban J connectivity index is 1.41. The molecule has 2 heterocycles. The van der Waals surface area contributed by atoms with Gasteiger partial charge in [0.25, 0.3) is 0 Å². The highest BCUT2D eigenvalue weighted by Gasteiger charge is 2.21. The largest absolute Gasteiger partial charge is 0.385 e. The molecular weight excluding hydrogens is 368 g/mol. The molecule has 0 bridgehead atoms. The SMILES string of the molecule is O=C(CCNc1ccc(Br)cc1)N1CCN(c2ccccn2)CC1. The molecule has 1 aromatic carbocycles. The van der Waals surface area contributed by atoms with Gasteiger partial charge < -0.3 is 15.1 Å². The van der Waals surface area contributed by atoms with Gasteiger partial charge in [-0.3, -0.25) is 4.79 Å². The summed E-state index contributed by atoms with van der Waals surface area (Å²) in [6.07, 6.45) is 2.32. The monoisotopic (exact) mass is 388 g/mol. The molecule has 1 amide bonds. The lowest BCUT2D eigenvalue weighted by atomic mass is 10.2. The molecule has 24 heavy (non-hydrogen) atoms. The molecule has 0 radical (unpaired) electrons. The van der Waals surface area contributed by atoms with Crippen LogP contribution in [0.3, 0.4) is 0 Å². The van der Waals surface area contributed by atoms with E-state index in [1.807, 2.05) is 47.4 Å². The zero-order valence-corrected chi connectivity index (χ0v) is 15.1. The van der Waals surface area contributed by atoms with E-state index in [-0.39, 0.29) is 5.91 Å². The number of rotatable bonds is 5. The van der Waals surface area contributed by atoms with Gasteiger partial charge in [0.2, 0.25) is 5.91 Å². The molecule has 1 aliphatic rings. The predicted molar refractivity (Wildman–Crippen MR) is 100 cm³/mol. The number of halogens is 1. The van der Waals surface area contributed by atoms with E-state index >= 15 is 0 Å². The van der Waals surface area contributed by atoms with Crippen molar-refractivity contribution in [2.75, 3.05) is 42.9 Å². The van der Waals surface area contributed by atoms with E-state index in [1.165, 1.54) is 0 Å². The number of piperazine rings is 1. The average molecular weight is 389 g/mol. The molecule has 0 unspecified atom stereocenters. The molecule has 5 nitrogen and oxygen atoms in total. The average Bonchev–Trinajstić information content (AvgIpc) is 2.64. The van der Waals surface area contributed by atoms with E-state index in [1.54, 1.807) is 6.20 Å². The van der Waals surface area contributed by atoms with E-state index in [9.17, 15) is 4.79 Å². The van der Waals surface area contributed by atoms with Crippen LogP contribution in [0.2, 0.25) is 0 Å². The Morgan fingerprint density at radius 1 is 1.08 bits per heavy atom. The minimum absolute atomic E-state index is 0.209. The Morgan fingerprint density at radius 3 is 2.50 bits per heavy atom. The first-order valence-electron chi connectivity index (χ1n) is 8.15. The number of pyridine rings is 1. The van der Waals surface area contributed by atoms with Crippen molar-refractivity contribution in [1.82, 2.24) is 9.88 Å². The van der Waals surface area contributed by atoms with E-state index in [2.05, 4.69) is 31.1 Å². The lowest BCUT2D eigenvalue weighted by Crippen LogP contribution is -2.49. The quantitative estimate of drug-likeness (QED) is 0.854. The molecule has 1 N–H and O–H groups in total. The molecule has 0 aliphatic carbocycles. The first-order valence-corrected chi connectivity index (χ1v) is 8.95. The molecule has 1 aromatic heterocycles. The first-order chi connectivity index (χ1) is 11.7. The van der Waals surface area contributed by atoms with Gasteiger partial charge in [0.15, 0.2) is 0 Å². The number of nitrogens with zero attached hydrogens (tertiary/aromatic N) is 3. The Hall–Kier alpha value is -2.08. The van der Waals surface area contributed by atoms with Gasteiger partial charge >= 0.3 is 0 Å². The summed E-state index contributed by atoms with van der Waals surface area (Å²) in [5.41, 5.74) is 1.03. The number of aromatic nitrogens is 1. The summed E-state index contributed by atoms with van der Waals surface area (Å²) in [5.74, 6) is 1.20. The Morgan fingerprint density at radius 2 is 1.83 bits per heavy atom. The Kier molecular flexibility index (Phi) is 5.69. The molecule has 1 saturated heterocycles. The molecule has 0 saturated carbocycles. The van der Waals surface area contributed by atoms with E-state index in [4.69, 9.17) is 0 Å². The van der Waals surface area contributed by atoms with Crippen molar-refractivity contribution < 1.29 is 4.79 Å². The van der Waals surface area contributed by atoms with Crippen LogP contribution in [-0.4, -0.2) is 48.5 Å². The fourth-order valence-corrected chi connectivity index (χ4v) is 3.03. The van der Waals surface area contributed by atoms with Gasteiger partial charge in [-0.25, -0.2) is 4.98 Å². The predicted octanol–water partition coefficient (Wildman–Crippen LogP) is 2.99. The van der Waals surface area contributed by atoms with Crippen LogP contribution < -0.4 is 10.2 Å². The van der Waals surface area contributed by atoms with Crippen molar-refractivity contribution in [3.8, 4) is 0 Å². The number of carbonyl (C=O) groups excluding carboxylic acids is 1. The van der Waals surface area contributed by atoms with Crippen molar-refractivity contribution in [2.24, 2.45) is 0 Å². The highest BCUT2D eigenvalue weighted by molar-refractivity contribution is 9.10. The van der Waals surface area contributed by atoms with Gasteiger partial charge in [-0.2, -0.15) is 0 Å². The van der Waals surface area contributed by atoms with Gasteiger partial charge in [-0.1, -0.05) is 22.0 Å². The number of hydrogen-bond donors (Lipinski definition) is 1. The molecule has 1 aliphatic heterocycles. The molecule has 6 heteroatoms. The lowest BCUT2D eigenvalue weighted by Gasteiger charge is -2.35. The molecule has 3 rings (SSSR count). The number of benzene rings is 1. The summed E-state index contributed by atoms with van der Waals surface area (Å²) in [4.78, 5) is 20.9. The first kappa shape index (κ1) is 16.8. The molecular formula is C18H21BrN4O. The van der Waals surface area contributed by atoms with Crippen LogP contribution in [0.25, 0.3) is 0 Å². The summed E-state index contributed by atoms with van der Waals surface area (Å²) in [5, 5.41) is 3.29. The van der Waals surface area contributed by atoms with E-state index in [0.717, 1.165) is 42.2 Å². The van der Waals surface area contributed by atoms with Crippen molar-refractivity contribution in [2.45, 2.75) is 6.42 Å². The van der Waals surface area contributed by atoms with Crippen LogP contribution in [0.5, 0.6) is 0 Å². The number of anilines is 2. The Labute approximate surface area is 150 Å². The van der Waals surface area contributed by atoms with Crippen LogP contribution in [-0.2, 0) is 4.79 Å². The third kappa shape index (κ3) is 4.47. The summed E-state index contributed by atoms with van der Waals surface area (Å²) < 4.78 is 1.05. The maximum atomic E-state index is 12.3. The van der Waals surface area contributed by atoms with Crippen molar-refractivity contribution >= 4 is 33.3 Å². The number of hydrogen-bond acceptors (Lipinski definition) is 4. The molecule has 126 valence electrons. The van der Waals surface area contributed by atoms with Gasteiger partial charge in [-0.15, -0.1) is 0 Å². The van der Waals surface area contributed by atoms with Gasteiger partial charge in [0.1, 0.15) is 5.82 Å². The summed E-state index contributed by atoms with van der Waals surface area (Å²) in [6.45, 7) is 3.84. The minimum Gasteiger partial charge on any atom is -0.385 e. The highest BCUT2D eigenvalue weighted by Crippen LogP contribution is 2.15. The molecule has 2 aromatic rings. The second-order valence-corrected chi connectivity index (χ2v) is 6.66. The Bertz CT molecular complexity index is 654. The van der Waals surface area contributed by atoms with Gasteiger partial charge in [0, 0.05) is 55.5 Å². The number of nitrogens with one attached hydrogen (secondary N) is 1. The van der Waals surface area contributed by atoms with E-state index < -0.39 is 0 Å². The molecule has 0 atom stereocenters. The normalized spacial score (nSPS) is 14.5. The summed E-state index contributed by atoms with van der Waals surface area (Å²) in [6, 6.07) is 13.9. The molecule has 1 fully saturated rings. The fraction of sp³-hybridized carbons (Fsp3) is 0.333. The highest BCUT2D eigenvalue weighted by atomic mass is 79.9. The second kappa shape index (κ2) is 8.15. The fourth-order valence-electron chi connectivity index (χ4n) is 2.77. The molecule has 0 spiro atoms. The number of amides is 1. The van der Waals surface area contributed by atoms with Crippen LogP contribution in [0.1, 0.15) is 6.42 Å². The van der Waals surface area contributed by atoms with Gasteiger partial charge in [-0.05, 0) is 36.4 Å². The maximum Gasteiger partial charge on any atom is 0.224 e. The van der Waals surface area contributed by atoms with Crippen LogP contribution in [0, 0.1) is 0 Å². The standard InChI is InChI=1S/C18H21BrN4O/c19-15-4-6-16(7-5-15)20-10-8-18(24)23-13-11-22(12-14-23)17-3-1-2-9-21-17/h1-7,9,20H,8,10-14H2. The van der Waals surface area contributed by atoms with Crippen molar-refractivity contribution in [3.63, 3.8) is 0 Å². The third-order valence-corrected chi connectivity index (χ3v) is 4.65. The maximum absolute atomic E-state index is 12.3. The number of carbonyl (C=O) groups is 1. The zero-order chi connectivity index (χ0) is 16.8. The summed E-state index contributed by atoms with van der Waals surface area (Å²) >= 11 is 3.41. The van der Waals surface area contributed by atoms with Crippen molar-refractivity contribution in [1.29, 1.82) is 0 Å². The van der Waals surface area contributed by atoms with Crippen LogP contribution >= 0.6 is 15.9 Å². The third-order valence-electron chi connectivity index (χ3n) is 4.12. The second-order valence-electron chi connectivity index (χ2n) is 5.74. The topological polar surface area (TPSA) is 48.5 Å². The van der Waals surface area contributed by atoms with Crippen LogP contribution in [0.4, 0.5) is 11.5 Å².